The van der Waals surface area contributed by atoms with Gasteiger partial charge in [-0.25, -0.2) is 4.79 Å². The van der Waals surface area contributed by atoms with Crippen molar-refractivity contribution in [1.29, 1.82) is 0 Å². The van der Waals surface area contributed by atoms with E-state index >= 15 is 0 Å². The lowest BCUT2D eigenvalue weighted by Crippen LogP contribution is -2.41. The molecule has 1 aromatic rings. The summed E-state index contributed by atoms with van der Waals surface area (Å²) in [7, 11) is 0. The van der Waals surface area contributed by atoms with E-state index in [1.165, 1.54) is 0 Å². The van der Waals surface area contributed by atoms with Gasteiger partial charge in [-0.1, -0.05) is 24.3 Å². The molecule has 3 N–H and O–H groups in total. The molecule has 0 fully saturated rings. The van der Waals surface area contributed by atoms with E-state index in [-0.39, 0.29) is 18.8 Å². The third-order valence-electron chi connectivity index (χ3n) is 2.65. The van der Waals surface area contributed by atoms with Gasteiger partial charge in [-0.05, 0) is 31.9 Å². The number of hydrogen-bond acceptors (Lipinski definition) is 4. The van der Waals surface area contributed by atoms with E-state index in [2.05, 4.69) is 5.32 Å². The standard InChI is InChI=1S/C15H23NO4/c1-15(2,3)16-14(19)20-9-8-13(18)12-6-4-11(10-17)5-7-12/h4-7,13,17-18H,8-10H2,1-3H3,(H,16,19). The van der Waals surface area contributed by atoms with Crippen molar-refractivity contribution < 1.29 is 19.7 Å². The van der Waals surface area contributed by atoms with Crippen molar-refractivity contribution in [3.63, 3.8) is 0 Å². The SMILES string of the molecule is CC(C)(C)NC(=O)OCCC(O)c1ccc(CO)cc1. The van der Waals surface area contributed by atoms with Crippen LogP contribution in [0.4, 0.5) is 4.79 Å². The van der Waals surface area contributed by atoms with Crippen molar-refractivity contribution in [3.8, 4) is 0 Å². The van der Waals surface area contributed by atoms with Crippen LogP contribution in [-0.2, 0) is 11.3 Å². The molecule has 5 heteroatoms. The van der Waals surface area contributed by atoms with Crippen molar-refractivity contribution in [2.24, 2.45) is 0 Å². The summed E-state index contributed by atoms with van der Waals surface area (Å²) >= 11 is 0. The van der Waals surface area contributed by atoms with E-state index in [1.807, 2.05) is 20.8 Å². The normalized spacial score (nSPS) is 12.8. The Kier molecular flexibility index (Phi) is 5.98. The first-order chi connectivity index (χ1) is 9.31. The van der Waals surface area contributed by atoms with Gasteiger partial charge in [-0.15, -0.1) is 0 Å². The van der Waals surface area contributed by atoms with Gasteiger partial charge in [0, 0.05) is 12.0 Å². The van der Waals surface area contributed by atoms with Gasteiger partial charge >= 0.3 is 6.09 Å². The highest BCUT2D eigenvalue weighted by Crippen LogP contribution is 2.17. The van der Waals surface area contributed by atoms with Crippen LogP contribution in [0.15, 0.2) is 24.3 Å². The molecule has 1 aromatic carbocycles. The second kappa shape index (κ2) is 7.26. The van der Waals surface area contributed by atoms with E-state index < -0.39 is 12.2 Å². The number of rotatable bonds is 5. The van der Waals surface area contributed by atoms with E-state index in [4.69, 9.17) is 9.84 Å². The highest BCUT2D eigenvalue weighted by atomic mass is 16.5. The maximum absolute atomic E-state index is 11.4. The molecule has 20 heavy (non-hydrogen) atoms. The highest BCUT2D eigenvalue weighted by Gasteiger charge is 2.15. The van der Waals surface area contributed by atoms with Crippen molar-refractivity contribution in [1.82, 2.24) is 5.32 Å². The Labute approximate surface area is 119 Å². The molecule has 0 radical (unpaired) electrons. The molecule has 1 atom stereocenters. The summed E-state index contributed by atoms with van der Waals surface area (Å²) in [5.74, 6) is 0. The molecule has 0 heterocycles. The van der Waals surface area contributed by atoms with Gasteiger partial charge in [0.2, 0.25) is 0 Å². The van der Waals surface area contributed by atoms with Crippen LogP contribution < -0.4 is 5.32 Å². The smallest absolute Gasteiger partial charge is 0.407 e. The Morgan fingerprint density at radius 3 is 2.40 bits per heavy atom. The van der Waals surface area contributed by atoms with Crippen LogP contribution in [0.2, 0.25) is 0 Å². The second-order valence-electron chi connectivity index (χ2n) is 5.72. The fourth-order valence-corrected chi connectivity index (χ4v) is 1.62. The molecular formula is C15H23NO4. The van der Waals surface area contributed by atoms with Crippen molar-refractivity contribution in [2.45, 2.75) is 45.4 Å². The molecule has 0 aromatic heterocycles. The van der Waals surface area contributed by atoms with Crippen LogP contribution in [0, 0.1) is 0 Å². The van der Waals surface area contributed by atoms with Crippen molar-refractivity contribution in [2.75, 3.05) is 6.61 Å². The summed E-state index contributed by atoms with van der Waals surface area (Å²) in [6, 6.07) is 7.02. The maximum Gasteiger partial charge on any atom is 0.407 e. The van der Waals surface area contributed by atoms with Gasteiger partial charge in [0.25, 0.3) is 0 Å². The number of alkyl carbamates (subject to hydrolysis) is 1. The topological polar surface area (TPSA) is 78.8 Å². The maximum atomic E-state index is 11.4. The lowest BCUT2D eigenvalue weighted by atomic mass is 10.1. The van der Waals surface area contributed by atoms with Crippen LogP contribution in [0.1, 0.15) is 44.4 Å². The molecule has 0 aliphatic rings. The van der Waals surface area contributed by atoms with E-state index in [9.17, 15) is 9.90 Å². The van der Waals surface area contributed by atoms with Gasteiger partial charge in [-0.2, -0.15) is 0 Å². The van der Waals surface area contributed by atoms with Gasteiger partial charge < -0.3 is 20.3 Å². The zero-order valence-electron chi connectivity index (χ0n) is 12.2. The summed E-state index contributed by atoms with van der Waals surface area (Å²) in [5, 5.41) is 21.6. The van der Waals surface area contributed by atoms with Gasteiger partial charge in [-0.3, -0.25) is 0 Å². The van der Waals surface area contributed by atoms with Gasteiger partial charge in [0.15, 0.2) is 0 Å². The number of carbonyl (C=O) groups excluding carboxylic acids is 1. The van der Waals surface area contributed by atoms with E-state index in [1.54, 1.807) is 24.3 Å². The molecule has 0 aliphatic heterocycles. The summed E-state index contributed by atoms with van der Waals surface area (Å²) in [6.07, 6.45) is -0.846. The first-order valence-electron chi connectivity index (χ1n) is 6.64. The Balaban J connectivity index is 2.35. The minimum atomic E-state index is -0.690. The molecule has 0 saturated carbocycles. The number of aliphatic hydroxyl groups is 2. The lowest BCUT2D eigenvalue weighted by Gasteiger charge is -2.20. The Hall–Kier alpha value is -1.59. The van der Waals surface area contributed by atoms with Crippen molar-refractivity contribution in [3.05, 3.63) is 35.4 Å². The minimum absolute atomic E-state index is 0.0214. The zero-order valence-corrected chi connectivity index (χ0v) is 12.2. The largest absolute Gasteiger partial charge is 0.449 e. The van der Waals surface area contributed by atoms with Gasteiger partial charge in [0.1, 0.15) is 0 Å². The fourth-order valence-electron chi connectivity index (χ4n) is 1.62. The number of nitrogens with one attached hydrogen (secondary N) is 1. The predicted molar refractivity (Wildman–Crippen MR) is 76.2 cm³/mol. The third kappa shape index (κ3) is 6.04. The zero-order chi connectivity index (χ0) is 15.2. The Morgan fingerprint density at radius 2 is 1.90 bits per heavy atom. The first-order valence-corrected chi connectivity index (χ1v) is 6.64. The second-order valence-corrected chi connectivity index (χ2v) is 5.72. The van der Waals surface area contributed by atoms with Crippen LogP contribution in [-0.4, -0.2) is 28.5 Å². The Morgan fingerprint density at radius 1 is 1.30 bits per heavy atom. The fraction of sp³-hybridized carbons (Fsp3) is 0.533. The van der Waals surface area contributed by atoms with Crippen LogP contribution in [0.3, 0.4) is 0 Å². The molecule has 112 valence electrons. The summed E-state index contributed by atoms with van der Waals surface area (Å²) in [4.78, 5) is 11.4. The molecule has 0 saturated heterocycles. The molecule has 1 unspecified atom stereocenters. The average molecular weight is 281 g/mol. The van der Waals surface area contributed by atoms with Crippen LogP contribution in [0.25, 0.3) is 0 Å². The molecule has 0 spiro atoms. The van der Waals surface area contributed by atoms with Crippen LogP contribution >= 0.6 is 0 Å². The number of amides is 1. The molecule has 0 bridgehead atoms. The number of ether oxygens (including phenoxy) is 1. The number of benzene rings is 1. The highest BCUT2D eigenvalue weighted by molar-refractivity contribution is 5.68. The predicted octanol–water partition coefficient (Wildman–Crippen LogP) is 2.13. The molecule has 1 amide bonds. The quantitative estimate of drug-likeness (QED) is 0.772. The monoisotopic (exact) mass is 281 g/mol. The summed E-state index contributed by atoms with van der Waals surface area (Å²) in [6.45, 7) is 5.72. The van der Waals surface area contributed by atoms with Crippen molar-refractivity contribution >= 4 is 6.09 Å². The molecule has 5 nitrogen and oxygen atoms in total. The number of aliphatic hydroxyl groups excluding tert-OH is 2. The number of carbonyl (C=O) groups is 1. The Bertz CT molecular complexity index is 422. The minimum Gasteiger partial charge on any atom is -0.449 e. The average Bonchev–Trinajstić information content (AvgIpc) is 2.36. The summed E-state index contributed by atoms with van der Waals surface area (Å²) in [5.41, 5.74) is 1.19. The third-order valence-corrected chi connectivity index (χ3v) is 2.65. The lowest BCUT2D eigenvalue weighted by molar-refractivity contribution is 0.101. The molecule has 0 aliphatic carbocycles. The van der Waals surface area contributed by atoms with Crippen LogP contribution in [0.5, 0.6) is 0 Å². The van der Waals surface area contributed by atoms with Gasteiger partial charge in [0.05, 0.1) is 19.3 Å². The van der Waals surface area contributed by atoms with E-state index in [0.717, 1.165) is 11.1 Å². The molecule has 1 rings (SSSR count). The first kappa shape index (κ1) is 16.5. The summed E-state index contributed by atoms with van der Waals surface area (Å²) < 4.78 is 5.01. The van der Waals surface area contributed by atoms with E-state index in [0.29, 0.717) is 6.42 Å². The number of hydrogen-bond donors (Lipinski definition) is 3. The molecular weight excluding hydrogens is 258 g/mol.